The van der Waals surface area contributed by atoms with Gasteiger partial charge in [0, 0.05) is 25.2 Å². The molecule has 3 rings (SSSR count). The van der Waals surface area contributed by atoms with Crippen LogP contribution in [0.4, 0.5) is 5.69 Å². The molecule has 96 valence electrons. The Bertz CT molecular complexity index is 502. The summed E-state index contributed by atoms with van der Waals surface area (Å²) in [5.41, 5.74) is 0.384. The first kappa shape index (κ1) is 11.2. The molecule has 1 aliphatic carbocycles. The van der Waals surface area contributed by atoms with Crippen LogP contribution in [0.2, 0.25) is 0 Å². The molecule has 2 heterocycles. The predicted molar refractivity (Wildman–Crippen MR) is 63.5 cm³/mol. The van der Waals surface area contributed by atoms with Crippen molar-refractivity contribution in [3.63, 3.8) is 0 Å². The Morgan fingerprint density at radius 1 is 1.50 bits per heavy atom. The van der Waals surface area contributed by atoms with Crippen molar-refractivity contribution < 1.29 is 9.72 Å². The molecule has 0 bridgehead atoms. The van der Waals surface area contributed by atoms with E-state index in [1.807, 2.05) is 0 Å². The molecule has 0 unspecified atom stereocenters. The van der Waals surface area contributed by atoms with Gasteiger partial charge in [-0.15, -0.1) is 0 Å². The van der Waals surface area contributed by atoms with E-state index in [2.05, 4.69) is 10.6 Å². The summed E-state index contributed by atoms with van der Waals surface area (Å²) in [6.07, 6.45) is 3.43. The van der Waals surface area contributed by atoms with E-state index in [1.165, 1.54) is 12.3 Å². The van der Waals surface area contributed by atoms with Gasteiger partial charge in [0.1, 0.15) is 5.69 Å². The van der Waals surface area contributed by atoms with Gasteiger partial charge >= 0.3 is 0 Å². The lowest BCUT2D eigenvalue weighted by Crippen LogP contribution is -2.57. The Morgan fingerprint density at radius 3 is 2.72 bits per heavy atom. The molecule has 1 saturated heterocycles. The zero-order valence-corrected chi connectivity index (χ0v) is 9.76. The minimum absolute atomic E-state index is 0.0150. The molecule has 1 amide bonds. The van der Waals surface area contributed by atoms with Crippen LogP contribution in [0.5, 0.6) is 0 Å². The van der Waals surface area contributed by atoms with Crippen LogP contribution in [0.15, 0.2) is 12.3 Å². The second-order valence-corrected chi connectivity index (χ2v) is 4.81. The molecule has 1 aromatic rings. The molecule has 0 spiro atoms. The van der Waals surface area contributed by atoms with Gasteiger partial charge in [0.15, 0.2) is 0 Å². The van der Waals surface area contributed by atoms with Gasteiger partial charge in [-0.25, -0.2) is 0 Å². The van der Waals surface area contributed by atoms with Crippen molar-refractivity contribution >= 4 is 11.6 Å². The van der Waals surface area contributed by atoms with Gasteiger partial charge in [-0.1, -0.05) is 0 Å². The van der Waals surface area contributed by atoms with Crippen LogP contribution >= 0.6 is 0 Å². The van der Waals surface area contributed by atoms with Gasteiger partial charge in [0.25, 0.3) is 11.6 Å². The number of nitrogens with zero attached hydrogens (tertiary/aromatic N) is 2. The number of nitrogens with one attached hydrogen (secondary N) is 2. The van der Waals surface area contributed by atoms with E-state index in [-0.39, 0.29) is 23.7 Å². The van der Waals surface area contributed by atoms with Crippen LogP contribution in [0.25, 0.3) is 0 Å². The number of aromatic nitrogens is 1. The monoisotopic (exact) mass is 250 g/mol. The van der Waals surface area contributed by atoms with Crippen LogP contribution in [0.1, 0.15) is 29.4 Å². The average Bonchev–Trinajstić information content (AvgIpc) is 3.02. The van der Waals surface area contributed by atoms with Crippen LogP contribution in [0, 0.1) is 10.1 Å². The molecule has 0 radical (unpaired) electrons. The number of hydrogen-bond acceptors (Lipinski definition) is 4. The highest BCUT2D eigenvalue weighted by atomic mass is 16.6. The molecule has 7 heteroatoms. The summed E-state index contributed by atoms with van der Waals surface area (Å²) in [7, 11) is 0. The SMILES string of the molecule is O=C(NC1CNC1)c1cc([N+](=O)[O-])cn1C1CC1. The highest BCUT2D eigenvalue weighted by molar-refractivity contribution is 5.94. The van der Waals surface area contributed by atoms with E-state index in [4.69, 9.17) is 0 Å². The fraction of sp³-hybridized carbons (Fsp3) is 0.545. The number of carbonyl (C=O) groups is 1. The van der Waals surface area contributed by atoms with Crippen LogP contribution in [-0.2, 0) is 0 Å². The highest BCUT2D eigenvalue weighted by Gasteiger charge is 2.31. The smallest absolute Gasteiger partial charge is 0.287 e. The summed E-state index contributed by atoms with van der Waals surface area (Å²) in [5.74, 6) is -0.221. The van der Waals surface area contributed by atoms with Crippen LogP contribution in [0.3, 0.4) is 0 Å². The van der Waals surface area contributed by atoms with Crippen LogP contribution in [-0.4, -0.2) is 34.5 Å². The largest absolute Gasteiger partial charge is 0.345 e. The zero-order chi connectivity index (χ0) is 12.7. The maximum atomic E-state index is 12.1. The number of rotatable bonds is 4. The fourth-order valence-corrected chi connectivity index (χ4v) is 2.05. The maximum Gasteiger partial charge on any atom is 0.287 e. The molecule has 1 aromatic heterocycles. The maximum absolute atomic E-state index is 12.1. The van der Waals surface area contributed by atoms with E-state index in [0.29, 0.717) is 5.69 Å². The van der Waals surface area contributed by atoms with Gasteiger partial charge in [0.05, 0.1) is 17.2 Å². The third-order valence-corrected chi connectivity index (χ3v) is 3.33. The van der Waals surface area contributed by atoms with Crippen molar-refractivity contribution in [2.75, 3.05) is 13.1 Å². The first-order valence-corrected chi connectivity index (χ1v) is 6.03. The Labute approximate surface area is 103 Å². The minimum atomic E-state index is -0.458. The summed E-state index contributed by atoms with van der Waals surface area (Å²) in [4.78, 5) is 22.4. The molecule has 1 aliphatic heterocycles. The van der Waals surface area contributed by atoms with Gasteiger partial charge in [-0.2, -0.15) is 0 Å². The molecule has 2 aliphatic rings. The highest BCUT2D eigenvalue weighted by Crippen LogP contribution is 2.37. The molecule has 2 N–H and O–H groups in total. The molecule has 1 saturated carbocycles. The summed E-state index contributed by atoms with van der Waals surface area (Å²) >= 11 is 0. The van der Waals surface area contributed by atoms with E-state index in [1.54, 1.807) is 4.57 Å². The van der Waals surface area contributed by atoms with E-state index < -0.39 is 4.92 Å². The quantitative estimate of drug-likeness (QED) is 0.599. The molecule has 2 fully saturated rings. The normalized spacial score (nSPS) is 19.3. The van der Waals surface area contributed by atoms with E-state index >= 15 is 0 Å². The van der Waals surface area contributed by atoms with Crippen molar-refractivity contribution in [2.45, 2.75) is 24.9 Å². The van der Waals surface area contributed by atoms with Gasteiger partial charge in [-0.3, -0.25) is 14.9 Å². The lowest BCUT2D eigenvalue weighted by Gasteiger charge is -2.28. The summed E-state index contributed by atoms with van der Waals surface area (Å²) in [6.45, 7) is 1.52. The summed E-state index contributed by atoms with van der Waals surface area (Å²) < 4.78 is 1.74. The minimum Gasteiger partial charge on any atom is -0.345 e. The lowest BCUT2D eigenvalue weighted by molar-refractivity contribution is -0.384. The summed E-state index contributed by atoms with van der Waals surface area (Å²) in [6, 6.07) is 1.75. The number of amides is 1. The van der Waals surface area contributed by atoms with Crippen molar-refractivity contribution in [1.29, 1.82) is 0 Å². The van der Waals surface area contributed by atoms with E-state index in [0.717, 1.165) is 25.9 Å². The first-order chi connectivity index (χ1) is 8.65. The second-order valence-electron chi connectivity index (χ2n) is 4.81. The topological polar surface area (TPSA) is 89.2 Å². The lowest BCUT2D eigenvalue weighted by atomic mass is 10.2. The van der Waals surface area contributed by atoms with Gasteiger partial charge < -0.3 is 15.2 Å². The number of hydrogen-bond donors (Lipinski definition) is 2. The fourth-order valence-electron chi connectivity index (χ4n) is 2.05. The predicted octanol–water partition coefficient (Wildman–Crippen LogP) is 0.433. The molecular formula is C11H14N4O3. The Morgan fingerprint density at radius 2 is 2.22 bits per heavy atom. The molecule has 18 heavy (non-hydrogen) atoms. The molecule has 7 nitrogen and oxygen atoms in total. The third-order valence-electron chi connectivity index (χ3n) is 3.33. The second kappa shape index (κ2) is 4.09. The van der Waals surface area contributed by atoms with Crippen molar-refractivity contribution in [3.05, 3.63) is 28.1 Å². The standard InChI is InChI=1S/C11H14N4O3/c16-11(13-7-4-12-5-7)10-3-9(15(17)18)6-14(10)8-1-2-8/h3,6-8,12H,1-2,4-5H2,(H,13,16). The zero-order valence-electron chi connectivity index (χ0n) is 9.76. The van der Waals surface area contributed by atoms with Gasteiger partial charge in [-0.05, 0) is 12.8 Å². The number of carbonyl (C=O) groups excluding carboxylic acids is 1. The third kappa shape index (κ3) is 1.97. The molecular weight excluding hydrogens is 236 g/mol. The van der Waals surface area contributed by atoms with Crippen molar-refractivity contribution in [2.24, 2.45) is 0 Å². The first-order valence-electron chi connectivity index (χ1n) is 6.03. The van der Waals surface area contributed by atoms with Crippen LogP contribution < -0.4 is 10.6 Å². The molecule has 0 atom stereocenters. The Hall–Kier alpha value is -1.89. The average molecular weight is 250 g/mol. The summed E-state index contributed by atoms with van der Waals surface area (Å²) in [5, 5.41) is 16.7. The number of nitro groups is 1. The van der Waals surface area contributed by atoms with Crippen molar-refractivity contribution in [3.8, 4) is 0 Å². The Kier molecular flexibility index (Phi) is 2.55. The van der Waals surface area contributed by atoms with E-state index in [9.17, 15) is 14.9 Å². The van der Waals surface area contributed by atoms with Crippen molar-refractivity contribution in [1.82, 2.24) is 15.2 Å². The van der Waals surface area contributed by atoms with Gasteiger partial charge in [0.2, 0.25) is 0 Å². The Balaban J connectivity index is 1.83. The molecule has 0 aromatic carbocycles.